The number of hydrogen-bond acceptors (Lipinski definition) is 9. The van der Waals surface area contributed by atoms with E-state index in [0.29, 0.717) is 78.5 Å². The zero-order chi connectivity index (χ0) is 27.8. The summed E-state index contributed by atoms with van der Waals surface area (Å²) < 4.78 is 28.9. The van der Waals surface area contributed by atoms with E-state index in [1.807, 2.05) is 22.9 Å². The van der Waals surface area contributed by atoms with E-state index in [1.165, 1.54) is 0 Å². The number of allylic oxidation sites excluding steroid dienone is 1. The van der Waals surface area contributed by atoms with Crippen LogP contribution in [0.25, 0.3) is 0 Å². The van der Waals surface area contributed by atoms with E-state index in [9.17, 15) is 4.79 Å². The number of ether oxygens (including phenoxy) is 5. The Kier molecular flexibility index (Phi) is 23.3. The van der Waals surface area contributed by atoms with Crippen LogP contribution in [0, 0.1) is 0 Å². The zero-order valence-corrected chi connectivity index (χ0v) is 26.0. The highest BCUT2D eigenvalue weighted by Gasteiger charge is 2.29. The van der Waals surface area contributed by atoms with Crippen molar-refractivity contribution in [1.29, 1.82) is 0 Å². The van der Waals surface area contributed by atoms with Gasteiger partial charge in [-0.2, -0.15) is 0 Å². The summed E-state index contributed by atoms with van der Waals surface area (Å²) in [5.41, 5.74) is 0. The second kappa shape index (κ2) is 23.5. The lowest BCUT2D eigenvalue weighted by molar-refractivity contribution is -0.122. The van der Waals surface area contributed by atoms with Crippen molar-refractivity contribution in [3.8, 4) is 0 Å². The van der Waals surface area contributed by atoms with Crippen LogP contribution in [0.4, 0.5) is 0 Å². The highest BCUT2D eigenvalue weighted by molar-refractivity contribution is 8.77. The largest absolute Gasteiger partial charge is 0.379 e. The Morgan fingerprint density at radius 1 is 0.811 bits per heavy atom. The first-order valence-electron chi connectivity index (χ1n) is 13.5. The molecular formula is C27H54N2O6S2. The molecule has 37 heavy (non-hydrogen) atoms. The first-order chi connectivity index (χ1) is 17.6. The summed E-state index contributed by atoms with van der Waals surface area (Å²) in [6.07, 6.45) is 6.08. The molecule has 0 saturated carbocycles. The van der Waals surface area contributed by atoms with Crippen LogP contribution in [0.2, 0.25) is 0 Å². The average molecular weight is 567 g/mol. The van der Waals surface area contributed by atoms with Gasteiger partial charge in [-0.1, -0.05) is 75.3 Å². The number of nitrogens with one attached hydrogen (secondary N) is 2. The van der Waals surface area contributed by atoms with Gasteiger partial charge in [-0.3, -0.25) is 4.79 Å². The first-order valence-corrected chi connectivity index (χ1v) is 15.7. The number of hydrogen-bond donors (Lipinski definition) is 2. The molecule has 1 unspecified atom stereocenters. The molecule has 0 bridgehead atoms. The van der Waals surface area contributed by atoms with Gasteiger partial charge in [0, 0.05) is 36.7 Å². The maximum atomic E-state index is 11.7. The number of carbonyl (C=O) groups is 1. The Balaban J connectivity index is 3.99. The van der Waals surface area contributed by atoms with Crippen LogP contribution in [0.5, 0.6) is 0 Å². The van der Waals surface area contributed by atoms with Gasteiger partial charge < -0.3 is 34.3 Å². The summed E-state index contributed by atoms with van der Waals surface area (Å²) in [7, 11) is 3.56. The lowest BCUT2D eigenvalue weighted by Gasteiger charge is -2.31. The summed E-state index contributed by atoms with van der Waals surface area (Å²) in [6.45, 7) is 21.2. The van der Waals surface area contributed by atoms with E-state index in [1.54, 1.807) is 10.8 Å². The van der Waals surface area contributed by atoms with Crippen molar-refractivity contribution < 1.29 is 28.5 Å². The van der Waals surface area contributed by atoms with E-state index in [2.05, 4.69) is 59.1 Å². The van der Waals surface area contributed by atoms with Crippen LogP contribution < -0.4 is 10.6 Å². The molecule has 0 saturated heterocycles. The van der Waals surface area contributed by atoms with Gasteiger partial charge in [0.05, 0.1) is 59.5 Å². The Morgan fingerprint density at radius 2 is 1.41 bits per heavy atom. The summed E-state index contributed by atoms with van der Waals surface area (Å²) >= 11 is 0. The fraction of sp³-hybridized carbons (Fsp3) is 0.889. The molecular weight excluding hydrogens is 512 g/mol. The third-order valence-electron chi connectivity index (χ3n) is 4.64. The molecule has 0 spiro atoms. The van der Waals surface area contributed by atoms with Gasteiger partial charge in [-0.15, -0.1) is 0 Å². The van der Waals surface area contributed by atoms with Crippen LogP contribution in [0.3, 0.4) is 0 Å². The molecule has 0 fully saturated rings. The molecule has 0 aliphatic heterocycles. The van der Waals surface area contributed by atoms with E-state index in [0.717, 1.165) is 19.4 Å². The molecule has 8 nitrogen and oxygen atoms in total. The average Bonchev–Trinajstić information content (AvgIpc) is 2.83. The maximum Gasteiger partial charge on any atom is 0.222 e. The molecule has 1 atom stereocenters. The SMILES string of the molecule is CC/C=C/CNC(=O)CCOCCOCCOC(C)(CCOCCOCCNC(C)C)SSC(C)(C)C. The second-order valence-corrected chi connectivity index (χ2v) is 13.4. The predicted molar refractivity (Wildman–Crippen MR) is 157 cm³/mol. The van der Waals surface area contributed by atoms with Crippen LogP contribution in [-0.4, -0.2) is 94.2 Å². The molecule has 220 valence electrons. The van der Waals surface area contributed by atoms with Crippen LogP contribution in [0.15, 0.2) is 12.2 Å². The highest BCUT2D eigenvalue weighted by Crippen LogP contribution is 2.45. The number of carbonyl (C=O) groups excluding carboxylic acids is 1. The quantitative estimate of drug-likeness (QED) is 0.0698. The first kappa shape index (κ1) is 36.7. The van der Waals surface area contributed by atoms with Gasteiger partial charge in [0.2, 0.25) is 5.91 Å². The topological polar surface area (TPSA) is 87.3 Å². The molecule has 2 N–H and O–H groups in total. The maximum absolute atomic E-state index is 11.7. The number of amides is 1. The van der Waals surface area contributed by atoms with Crippen molar-refractivity contribution in [3.05, 3.63) is 12.2 Å². The second-order valence-electron chi connectivity index (χ2n) is 10.0. The van der Waals surface area contributed by atoms with E-state index < -0.39 is 0 Å². The lowest BCUT2D eigenvalue weighted by atomic mass is 10.3. The van der Waals surface area contributed by atoms with E-state index >= 15 is 0 Å². The molecule has 0 aromatic carbocycles. The summed E-state index contributed by atoms with van der Waals surface area (Å²) in [5.74, 6) is -0.00423. The van der Waals surface area contributed by atoms with Crippen molar-refractivity contribution >= 4 is 27.5 Å². The third-order valence-corrected chi connectivity index (χ3v) is 8.70. The molecule has 0 aliphatic rings. The van der Waals surface area contributed by atoms with Gasteiger partial charge in [-0.25, -0.2) is 0 Å². The summed E-state index contributed by atoms with van der Waals surface area (Å²) in [5, 5.41) is 6.16. The van der Waals surface area contributed by atoms with Crippen molar-refractivity contribution in [2.45, 2.75) is 83.5 Å². The minimum atomic E-state index is -0.375. The van der Waals surface area contributed by atoms with Gasteiger partial charge in [0.25, 0.3) is 0 Å². The minimum absolute atomic E-state index is 0.00423. The standard InChI is InChI=1S/C27H54N2O6S2/c1-8-9-10-13-29-25(30)11-15-31-18-21-34-22-23-35-27(7,37-36-26(4,5)6)12-16-32-19-20-33-17-14-28-24(2)3/h9-10,24,28H,8,11-23H2,1-7H3,(H,29,30)/b10-9+. The van der Waals surface area contributed by atoms with Gasteiger partial charge in [0.15, 0.2) is 0 Å². The molecule has 0 rings (SSSR count). The molecule has 1 amide bonds. The van der Waals surface area contributed by atoms with E-state index in [-0.39, 0.29) is 15.6 Å². The fourth-order valence-electron chi connectivity index (χ4n) is 2.66. The molecule has 10 heteroatoms. The van der Waals surface area contributed by atoms with Crippen LogP contribution >= 0.6 is 21.6 Å². The molecule has 0 radical (unpaired) electrons. The van der Waals surface area contributed by atoms with E-state index in [4.69, 9.17) is 23.7 Å². The normalized spacial score (nSPS) is 13.9. The van der Waals surface area contributed by atoms with Gasteiger partial charge in [0.1, 0.15) is 4.93 Å². The van der Waals surface area contributed by atoms with Crippen LogP contribution in [0.1, 0.15) is 67.7 Å². The molecule has 0 aromatic heterocycles. The Morgan fingerprint density at radius 3 is 2.03 bits per heavy atom. The molecule has 0 aromatic rings. The molecule has 0 heterocycles. The smallest absolute Gasteiger partial charge is 0.222 e. The summed E-state index contributed by atoms with van der Waals surface area (Å²) in [6, 6.07) is 0.474. The van der Waals surface area contributed by atoms with Crippen LogP contribution in [-0.2, 0) is 28.5 Å². The lowest BCUT2D eigenvalue weighted by Crippen LogP contribution is -2.29. The Labute approximate surface area is 234 Å². The summed E-state index contributed by atoms with van der Waals surface area (Å²) in [4.78, 5) is 11.3. The van der Waals surface area contributed by atoms with Crippen molar-refractivity contribution in [1.82, 2.24) is 10.6 Å². The Bertz CT molecular complexity index is 576. The van der Waals surface area contributed by atoms with Crippen molar-refractivity contribution in [2.24, 2.45) is 0 Å². The highest BCUT2D eigenvalue weighted by atomic mass is 33.1. The van der Waals surface area contributed by atoms with Gasteiger partial charge in [-0.05, 0) is 13.3 Å². The van der Waals surface area contributed by atoms with Gasteiger partial charge >= 0.3 is 0 Å². The predicted octanol–water partition coefficient (Wildman–Crippen LogP) is 4.83. The monoisotopic (exact) mass is 566 g/mol. The molecule has 0 aliphatic carbocycles. The minimum Gasteiger partial charge on any atom is -0.379 e. The number of rotatable bonds is 25. The third kappa shape index (κ3) is 27.0. The Hall–Kier alpha value is -0.330. The van der Waals surface area contributed by atoms with Crippen molar-refractivity contribution in [2.75, 3.05) is 72.6 Å². The zero-order valence-electron chi connectivity index (χ0n) is 24.4. The fourth-order valence-corrected chi connectivity index (χ4v) is 5.06. The van der Waals surface area contributed by atoms with Crippen molar-refractivity contribution in [3.63, 3.8) is 0 Å².